The third-order valence-electron chi connectivity index (χ3n) is 1.79. The average molecular weight is 221 g/mol. The number of allylic oxidation sites excluding steroid dienone is 2. The van der Waals surface area contributed by atoms with Gasteiger partial charge in [-0.3, -0.25) is 4.79 Å². The standard InChI is InChI=1S/C11H9ClN2O/c1-8(10(7-13)11(12)15)14-9-5-3-2-4-6-9/h2-6,14H,1H3/b10-8+. The quantitative estimate of drug-likeness (QED) is 0.484. The summed E-state index contributed by atoms with van der Waals surface area (Å²) in [7, 11) is 0. The Morgan fingerprint density at radius 2 is 2.00 bits per heavy atom. The molecule has 3 nitrogen and oxygen atoms in total. The lowest BCUT2D eigenvalue weighted by molar-refractivity contribution is -0.108. The Morgan fingerprint density at radius 3 is 2.47 bits per heavy atom. The Kier molecular flexibility index (Phi) is 3.90. The number of para-hydroxylation sites is 1. The van der Waals surface area contributed by atoms with Gasteiger partial charge in [0.25, 0.3) is 5.24 Å². The summed E-state index contributed by atoms with van der Waals surface area (Å²) in [5, 5.41) is 10.9. The molecule has 1 aromatic rings. The Hall–Kier alpha value is -1.79. The molecule has 0 atom stereocenters. The highest BCUT2D eigenvalue weighted by molar-refractivity contribution is 6.68. The molecule has 0 heterocycles. The highest BCUT2D eigenvalue weighted by Crippen LogP contribution is 2.12. The molecule has 0 aliphatic carbocycles. The van der Waals surface area contributed by atoms with Crippen LogP contribution in [0.2, 0.25) is 0 Å². The van der Waals surface area contributed by atoms with E-state index in [2.05, 4.69) is 5.32 Å². The maximum atomic E-state index is 10.9. The monoisotopic (exact) mass is 220 g/mol. The molecule has 1 rings (SSSR count). The minimum Gasteiger partial charge on any atom is -0.358 e. The van der Waals surface area contributed by atoms with E-state index in [1.807, 2.05) is 30.3 Å². The Balaban J connectivity index is 2.92. The predicted octanol–water partition coefficient (Wildman–Crippen LogP) is 2.66. The van der Waals surface area contributed by atoms with E-state index in [9.17, 15) is 4.79 Å². The van der Waals surface area contributed by atoms with Gasteiger partial charge in [-0.05, 0) is 30.7 Å². The lowest BCUT2D eigenvalue weighted by Gasteiger charge is -2.06. The molecule has 76 valence electrons. The Labute approximate surface area is 93.0 Å². The van der Waals surface area contributed by atoms with Crippen molar-refractivity contribution in [2.75, 3.05) is 5.32 Å². The SMILES string of the molecule is C/C(Nc1ccccc1)=C(/C#N)C(=O)Cl. The van der Waals surface area contributed by atoms with Gasteiger partial charge < -0.3 is 5.32 Å². The summed E-state index contributed by atoms with van der Waals surface area (Å²) >= 11 is 5.25. The van der Waals surface area contributed by atoms with Crippen molar-refractivity contribution in [1.82, 2.24) is 0 Å². The van der Waals surface area contributed by atoms with E-state index in [0.29, 0.717) is 5.70 Å². The van der Waals surface area contributed by atoms with Crippen molar-refractivity contribution in [2.24, 2.45) is 0 Å². The van der Waals surface area contributed by atoms with Crippen LogP contribution < -0.4 is 5.32 Å². The molecule has 0 spiro atoms. The molecule has 0 aromatic heterocycles. The lowest BCUT2D eigenvalue weighted by Crippen LogP contribution is -2.03. The number of hydrogen-bond acceptors (Lipinski definition) is 3. The van der Waals surface area contributed by atoms with E-state index in [-0.39, 0.29) is 5.57 Å². The molecule has 0 aliphatic heterocycles. The van der Waals surface area contributed by atoms with Crippen LogP contribution in [0, 0.1) is 11.3 Å². The zero-order valence-corrected chi connectivity index (χ0v) is 8.88. The van der Waals surface area contributed by atoms with E-state index in [1.54, 1.807) is 13.0 Å². The van der Waals surface area contributed by atoms with Crippen molar-refractivity contribution in [1.29, 1.82) is 5.26 Å². The second-order valence-corrected chi connectivity index (χ2v) is 3.22. The van der Waals surface area contributed by atoms with Crippen molar-refractivity contribution in [3.63, 3.8) is 0 Å². The van der Waals surface area contributed by atoms with Crippen molar-refractivity contribution < 1.29 is 4.79 Å². The highest BCUT2D eigenvalue weighted by atomic mass is 35.5. The van der Waals surface area contributed by atoms with Crippen molar-refractivity contribution in [3.8, 4) is 6.07 Å². The van der Waals surface area contributed by atoms with Gasteiger partial charge in [-0.2, -0.15) is 5.26 Å². The molecular weight excluding hydrogens is 212 g/mol. The fraction of sp³-hybridized carbons (Fsp3) is 0.0909. The van der Waals surface area contributed by atoms with Gasteiger partial charge in [0.2, 0.25) is 0 Å². The first-order valence-corrected chi connectivity index (χ1v) is 4.66. The number of anilines is 1. The number of rotatable bonds is 3. The normalized spacial score (nSPS) is 11.3. The van der Waals surface area contributed by atoms with Crippen molar-refractivity contribution >= 4 is 22.5 Å². The highest BCUT2D eigenvalue weighted by Gasteiger charge is 2.09. The topological polar surface area (TPSA) is 52.9 Å². The molecule has 0 aliphatic rings. The third kappa shape index (κ3) is 3.12. The van der Waals surface area contributed by atoms with Gasteiger partial charge in [-0.15, -0.1) is 0 Å². The summed E-state index contributed by atoms with van der Waals surface area (Å²) < 4.78 is 0. The molecule has 0 saturated carbocycles. The molecule has 15 heavy (non-hydrogen) atoms. The summed E-state index contributed by atoms with van der Waals surface area (Å²) in [5.41, 5.74) is 1.19. The van der Waals surface area contributed by atoms with Crippen LogP contribution in [0.25, 0.3) is 0 Å². The molecule has 0 unspecified atom stereocenters. The van der Waals surface area contributed by atoms with E-state index in [1.165, 1.54) is 0 Å². The van der Waals surface area contributed by atoms with E-state index in [4.69, 9.17) is 16.9 Å². The minimum atomic E-state index is -0.751. The number of carbonyl (C=O) groups is 1. The van der Waals surface area contributed by atoms with Crippen LogP contribution in [0.3, 0.4) is 0 Å². The molecule has 0 bridgehead atoms. The van der Waals surface area contributed by atoms with Gasteiger partial charge in [0, 0.05) is 11.4 Å². The van der Waals surface area contributed by atoms with Crippen LogP contribution in [0.5, 0.6) is 0 Å². The summed E-state index contributed by atoms with van der Waals surface area (Å²) in [6.45, 7) is 1.63. The maximum Gasteiger partial charge on any atom is 0.264 e. The summed E-state index contributed by atoms with van der Waals surface area (Å²) in [6.07, 6.45) is 0. The first kappa shape index (κ1) is 11.3. The van der Waals surface area contributed by atoms with Crippen LogP contribution in [0.4, 0.5) is 5.69 Å². The minimum absolute atomic E-state index is 0.0690. The number of nitriles is 1. The molecular formula is C11H9ClN2O. The zero-order chi connectivity index (χ0) is 11.3. The fourth-order valence-electron chi connectivity index (χ4n) is 1.08. The smallest absolute Gasteiger partial charge is 0.264 e. The van der Waals surface area contributed by atoms with Gasteiger partial charge >= 0.3 is 0 Å². The second-order valence-electron chi connectivity index (χ2n) is 2.88. The van der Waals surface area contributed by atoms with E-state index in [0.717, 1.165) is 5.69 Å². The first-order chi connectivity index (χ1) is 7.15. The van der Waals surface area contributed by atoms with Crippen LogP contribution in [-0.4, -0.2) is 5.24 Å². The van der Waals surface area contributed by atoms with Crippen LogP contribution in [0.15, 0.2) is 41.6 Å². The fourth-order valence-corrected chi connectivity index (χ4v) is 1.26. The molecule has 0 radical (unpaired) electrons. The summed E-state index contributed by atoms with van der Waals surface area (Å²) in [4.78, 5) is 10.9. The molecule has 1 N–H and O–H groups in total. The van der Waals surface area contributed by atoms with Gasteiger partial charge in [0.15, 0.2) is 0 Å². The number of nitrogens with zero attached hydrogens (tertiary/aromatic N) is 1. The lowest BCUT2D eigenvalue weighted by atomic mass is 10.2. The Morgan fingerprint density at radius 1 is 1.40 bits per heavy atom. The third-order valence-corrected chi connectivity index (χ3v) is 1.98. The van der Waals surface area contributed by atoms with Crippen molar-refractivity contribution in [2.45, 2.75) is 6.92 Å². The Bertz CT molecular complexity index is 432. The van der Waals surface area contributed by atoms with Crippen LogP contribution in [0.1, 0.15) is 6.92 Å². The number of halogens is 1. The molecule has 0 saturated heterocycles. The maximum absolute atomic E-state index is 10.9. The number of hydrogen-bond donors (Lipinski definition) is 1. The van der Waals surface area contributed by atoms with Gasteiger partial charge in [-0.25, -0.2) is 0 Å². The second kappa shape index (κ2) is 5.18. The van der Waals surface area contributed by atoms with Gasteiger partial charge in [0.1, 0.15) is 11.6 Å². The first-order valence-electron chi connectivity index (χ1n) is 4.28. The molecule has 0 fully saturated rings. The van der Waals surface area contributed by atoms with Gasteiger partial charge in [0.05, 0.1) is 0 Å². The van der Waals surface area contributed by atoms with E-state index >= 15 is 0 Å². The van der Waals surface area contributed by atoms with Gasteiger partial charge in [-0.1, -0.05) is 18.2 Å². The summed E-state index contributed by atoms with van der Waals surface area (Å²) in [5.74, 6) is 0. The molecule has 1 aromatic carbocycles. The zero-order valence-electron chi connectivity index (χ0n) is 8.12. The average Bonchev–Trinajstić information content (AvgIpc) is 2.19. The predicted molar refractivity (Wildman–Crippen MR) is 59.2 cm³/mol. The number of benzene rings is 1. The molecule has 0 amide bonds. The number of nitrogens with one attached hydrogen (secondary N) is 1. The molecule has 4 heteroatoms. The van der Waals surface area contributed by atoms with Crippen LogP contribution >= 0.6 is 11.6 Å². The van der Waals surface area contributed by atoms with Crippen LogP contribution in [-0.2, 0) is 4.79 Å². The largest absolute Gasteiger partial charge is 0.358 e. The van der Waals surface area contributed by atoms with Crippen molar-refractivity contribution in [3.05, 3.63) is 41.6 Å². The van der Waals surface area contributed by atoms with E-state index < -0.39 is 5.24 Å². The number of carbonyl (C=O) groups excluding carboxylic acids is 1. The summed E-state index contributed by atoms with van der Waals surface area (Å²) in [6, 6.07) is 11.0.